The third kappa shape index (κ3) is 3.83. The van der Waals surface area contributed by atoms with Crippen molar-refractivity contribution in [2.75, 3.05) is 0 Å². The third-order valence-corrected chi connectivity index (χ3v) is 5.66. The molecule has 1 amide bonds. The first-order valence-electron chi connectivity index (χ1n) is 6.28. The molecule has 0 saturated heterocycles. The van der Waals surface area contributed by atoms with Gasteiger partial charge in [-0.05, 0) is 44.7 Å². The summed E-state index contributed by atoms with van der Waals surface area (Å²) < 4.78 is 22.9. The van der Waals surface area contributed by atoms with E-state index < -0.39 is 15.0 Å². The fraction of sp³-hybridized carbons (Fsp3) is 0.462. The highest BCUT2D eigenvalue weighted by Crippen LogP contribution is 2.39. The number of amides is 1. The van der Waals surface area contributed by atoms with E-state index >= 15 is 0 Å². The molecule has 0 heterocycles. The van der Waals surface area contributed by atoms with Gasteiger partial charge in [0.15, 0.2) is 0 Å². The van der Waals surface area contributed by atoms with Crippen LogP contribution in [0.2, 0.25) is 10.0 Å². The highest BCUT2D eigenvalue weighted by atomic mass is 35.7. The zero-order chi connectivity index (χ0) is 16.0. The molecule has 1 aliphatic carbocycles. The van der Waals surface area contributed by atoms with Gasteiger partial charge in [-0.3, -0.25) is 4.79 Å². The molecular weight excluding hydrogens is 357 g/mol. The number of benzene rings is 1. The van der Waals surface area contributed by atoms with Crippen molar-refractivity contribution in [2.24, 2.45) is 5.92 Å². The summed E-state index contributed by atoms with van der Waals surface area (Å²) >= 11 is 11.8. The second-order valence-electron chi connectivity index (χ2n) is 5.65. The first-order chi connectivity index (χ1) is 9.52. The molecule has 1 aromatic rings. The van der Waals surface area contributed by atoms with Crippen molar-refractivity contribution in [3.8, 4) is 0 Å². The van der Waals surface area contributed by atoms with E-state index in [2.05, 4.69) is 5.32 Å². The Bertz CT molecular complexity index is 697. The van der Waals surface area contributed by atoms with Gasteiger partial charge in [0.25, 0.3) is 15.0 Å². The number of rotatable bonds is 4. The normalized spacial score (nSPS) is 15.9. The molecule has 1 N–H and O–H groups in total. The molecule has 0 unspecified atom stereocenters. The molecule has 1 fully saturated rings. The summed E-state index contributed by atoms with van der Waals surface area (Å²) in [5.41, 5.74) is -0.339. The lowest BCUT2D eigenvalue weighted by Gasteiger charge is -2.26. The SMILES string of the molecule is CC(C)(NC(=O)c1cc(S(=O)(=O)Cl)c(Cl)cc1Cl)C1CC1. The number of nitrogens with one attached hydrogen (secondary N) is 1. The standard InChI is InChI=1S/C13H14Cl3NO3S/c1-13(2,7-3-4-7)17-12(18)8-5-11(21(16,19)20)10(15)6-9(8)14/h5-7H,3-4H2,1-2H3,(H,17,18). The molecule has 2 rings (SSSR count). The van der Waals surface area contributed by atoms with E-state index in [4.69, 9.17) is 33.9 Å². The average molecular weight is 371 g/mol. The van der Waals surface area contributed by atoms with Gasteiger partial charge in [0, 0.05) is 16.2 Å². The Labute approximate surface area is 138 Å². The van der Waals surface area contributed by atoms with E-state index in [1.54, 1.807) is 0 Å². The van der Waals surface area contributed by atoms with Crippen molar-refractivity contribution in [1.82, 2.24) is 5.32 Å². The molecule has 0 atom stereocenters. The minimum absolute atomic E-state index is 0.0361. The summed E-state index contributed by atoms with van der Waals surface area (Å²) in [5, 5.41) is 2.83. The van der Waals surface area contributed by atoms with Gasteiger partial charge in [-0.1, -0.05) is 23.2 Å². The van der Waals surface area contributed by atoms with Crippen molar-refractivity contribution in [3.63, 3.8) is 0 Å². The molecule has 1 aromatic carbocycles. The predicted molar refractivity (Wildman–Crippen MR) is 83.8 cm³/mol. The van der Waals surface area contributed by atoms with Crippen molar-refractivity contribution < 1.29 is 13.2 Å². The maximum atomic E-state index is 12.3. The molecule has 21 heavy (non-hydrogen) atoms. The second-order valence-corrected chi connectivity index (χ2v) is 9.00. The zero-order valence-electron chi connectivity index (χ0n) is 11.4. The van der Waals surface area contributed by atoms with Gasteiger partial charge in [-0.25, -0.2) is 8.42 Å². The van der Waals surface area contributed by atoms with Crippen molar-refractivity contribution in [3.05, 3.63) is 27.7 Å². The Balaban J connectivity index is 2.37. The van der Waals surface area contributed by atoms with Crippen LogP contribution in [0.5, 0.6) is 0 Å². The van der Waals surface area contributed by atoms with Crippen LogP contribution in [0.25, 0.3) is 0 Å². The van der Waals surface area contributed by atoms with Crippen molar-refractivity contribution in [1.29, 1.82) is 0 Å². The molecule has 0 bridgehead atoms. The summed E-state index contributed by atoms with van der Waals surface area (Å²) in [6, 6.07) is 2.31. The molecule has 0 aliphatic heterocycles. The lowest BCUT2D eigenvalue weighted by atomic mass is 9.98. The van der Waals surface area contributed by atoms with Crippen LogP contribution in [0.15, 0.2) is 17.0 Å². The Kier molecular flexibility index (Phi) is 4.51. The van der Waals surface area contributed by atoms with E-state index in [-0.39, 0.29) is 26.0 Å². The van der Waals surface area contributed by atoms with E-state index in [1.165, 1.54) is 6.07 Å². The zero-order valence-corrected chi connectivity index (χ0v) is 14.5. The number of carbonyl (C=O) groups excluding carboxylic acids is 1. The molecule has 1 saturated carbocycles. The Hall–Kier alpha value is -0.490. The summed E-state index contributed by atoms with van der Waals surface area (Å²) in [6.45, 7) is 3.84. The van der Waals surface area contributed by atoms with Crippen LogP contribution in [-0.2, 0) is 9.05 Å². The monoisotopic (exact) mass is 369 g/mol. The first kappa shape index (κ1) is 16.9. The fourth-order valence-electron chi connectivity index (χ4n) is 2.16. The maximum Gasteiger partial charge on any atom is 0.262 e. The van der Waals surface area contributed by atoms with Crippen LogP contribution in [0.3, 0.4) is 0 Å². The number of hydrogen-bond donors (Lipinski definition) is 1. The van der Waals surface area contributed by atoms with Gasteiger partial charge < -0.3 is 5.32 Å². The van der Waals surface area contributed by atoms with Crippen LogP contribution >= 0.6 is 33.9 Å². The minimum atomic E-state index is -4.05. The molecule has 0 spiro atoms. The lowest BCUT2D eigenvalue weighted by Crippen LogP contribution is -2.45. The maximum absolute atomic E-state index is 12.3. The van der Waals surface area contributed by atoms with Crippen LogP contribution in [0.1, 0.15) is 37.0 Å². The van der Waals surface area contributed by atoms with Gasteiger partial charge in [-0.15, -0.1) is 0 Å². The number of halogens is 3. The van der Waals surface area contributed by atoms with Gasteiger partial charge in [0.05, 0.1) is 15.6 Å². The molecule has 116 valence electrons. The molecule has 0 aromatic heterocycles. The van der Waals surface area contributed by atoms with Gasteiger partial charge >= 0.3 is 0 Å². The Morgan fingerprint density at radius 2 is 1.81 bits per heavy atom. The van der Waals surface area contributed by atoms with Crippen LogP contribution in [0, 0.1) is 5.92 Å². The molecule has 1 aliphatic rings. The van der Waals surface area contributed by atoms with E-state index in [0.717, 1.165) is 18.9 Å². The Morgan fingerprint density at radius 3 is 2.29 bits per heavy atom. The smallest absolute Gasteiger partial charge is 0.262 e. The van der Waals surface area contributed by atoms with Crippen molar-refractivity contribution in [2.45, 2.75) is 37.1 Å². The largest absolute Gasteiger partial charge is 0.347 e. The highest BCUT2D eigenvalue weighted by Gasteiger charge is 2.39. The average Bonchev–Trinajstić information content (AvgIpc) is 3.09. The van der Waals surface area contributed by atoms with Crippen molar-refractivity contribution >= 4 is 48.8 Å². The second kappa shape index (κ2) is 5.61. The predicted octanol–water partition coefficient (Wildman–Crippen LogP) is 3.84. The molecule has 4 nitrogen and oxygen atoms in total. The topological polar surface area (TPSA) is 63.2 Å². The molecular formula is C13H14Cl3NO3S. The van der Waals surface area contributed by atoms with Crippen LogP contribution in [0.4, 0.5) is 0 Å². The van der Waals surface area contributed by atoms with Gasteiger partial charge in [0.1, 0.15) is 4.90 Å². The lowest BCUT2D eigenvalue weighted by molar-refractivity contribution is 0.0903. The van der Waals surface area contributed by atoms with Crippen LogP contribution in [-0.4, -0.2) is 19.9 Å². The first-order valence-corrected chi connectivity index (χ1v) is 9.35. The summed E-state index contributed by atoms with van der Waals surface area (Å²) in [6.07, 6.45) is 2.12. The van der Waals surface area contributed by atoms with Gasteiger partial charge in [0.2, 0.25) is 0 Å². The summed E-state index contributed by atoms with van der Waals surface area (Å²) in [4.78, 5) is 12.0. The minimum Gasteiger partial charge on any atom is -0.347 e. The van der Waals surface area contributed by atoms with E-state index in [1.807, 2.05) is 13.8 Å². The van der Waals surface area contributed by atoms with E-state index in [0.29, 0.717) is 5.92 Å². The van der Waals surface area contributed by atoms with E-state index in [9.17, 15) is 13.2 Å². The highest BCUT2D eigenvalue weighted by molar-refractivity contribution is 8.13. The van der Waals surface area contributed by atoms with Gasteiger partial charge in [-0.2, -0.15) is 0 Å². The summed E-state index contributed by atoms with van der Waals surface area (Å²) in [5.74, 6) is -0.0288. The van der Waals surface area contributed by atoms with Crippen LogP contribution < -0.4 is 5.32 Å². The number of carbonyl (C=O) groups is 1. The Morgan fingerprint density at radius 1 is 1.24 bits per heavy atom. The molecule has 8 heteroatoms. The fourth-order valence-corrected chi connectivity index (χ4v) is 3.98. The summed E-state index contributed by atoms with van der Waals surface area (Å²) in [7, 11) is 1.25. The quantitative estimate of drug-likeness (QED) is 0.819. The third-order valence-electron chi connectivity index (χ3n) is 3.56. The molecule has 0 radical (unpaired) electrons. The number of hydrogen-bond acceptors (Lipinski definition) is 3.